The third kappa shape index (κ3) is 4.69. The second-order valence-corrected chi connectivity index (χ2v) is 9.88. The molecule has 8 nitrogen and oxygen atoms in total. The van der Waals surface area contributed by atoms with E-state index < -0.39 is 17.7 Å². The largest absolute Gasteiger partial charge is 0.507 e. The van der Waals surface area contributed by atoms with E-state index in [1.807, 2.05) is 26.8 Å². The van der Waals surface area contributed by atoms with Crippen molar-refractivity contribution in [2.24, 2.45) is 0 Å². The molecule has 2 atom stereocenters. The number of likely N-dealkylation sites (N-methyl/N-ethyl adjacent to an activating group) is 1. The van der Waals surface area contributed by atoms with Gasteiger partial charge in [0.15, 0.2) is 11.5 Å². The van der Waals surface area contributed by atoms with Gasteiger partial charge in [-0.3, -0.25) is 9.59 Å². The average molecular weight is 559 g/mol. The van der Waals surface area contributed by atoms with Gasteiger partial charge in [0, 0.05) is 25.1 Å². The molecular formula is C27H31BrN2O6. The van der Waals surface area contributed by atoms with Gasteiger partial charge in [-0.1, -0.05) is 13.8 Å². The number of fused-ring (bicyclic) bond motifs is 1. The number of hydrogen-bond donors (Lipinski definition) is 2. The van der Waals surface area contributed by atoms with Gasteiger partial charge in [-0.25, -0.2) is 0 Å². The fourth-order valence-electron chi connectivity index (χ4n) is 4.88. The van der Waals surface area contributed by atoms with Crippen molar-refractivity contribution in [1.82, 2.24) is 9.80 Å². The standard InChI is InChI=1S/C27H31BrN2O6/c1-5-29(6-2)9-10-30-23(18-13-19(28)25(32)21(14-18)35-4)22(26(33)27(30)34)24(31)16-7-8-20-17(12-16)11-15(3)36-20/h7-8,12-15,23,31-32H,5-6,9-11H2,1-4H3/t15-,23+/m1/s1. The third-order valence-electron chi connectivity index (χ3n) is 6.85. The number of rotatable bonds is 8. The zero-order valence-corrected chi connectivity index (χ0v) is 22.5. The van der Waals surface area contributed by atoms with E-state index in [0.717, 1.165) is 24.4 Å². The molecule has 2 aliphatic rings. The Morgan fingerprint density at radius 3 is 2.61 bits per heavy atom. The smallest absolute Gasteiger partial charge is 0.295 e. The highest BCUT2D eigenvalue weighted by molar-refractivity contribution is 9.10. The molecule has 9 heteroatoms. The van der Waals surface area contributed by atoms with Crippen molar-refractivity contribution in [2.45, 2.75) is 39.3 Å². The van der Waals surface area contributed by atoms with E-state index in [2.05, 4.69) is 20.8 Å². The summed E-state index contributed by atoms with van der Waals surface area (Å²) in [6.45, 7) is 8.52. The van der Waals surface area contributed by atoms with Crippen LogP contribution in [0.15, 0.2) is 40.4 Å². The number of carbonyl (C=O) groups excluding carboxylic acids is 2. The Kier molecular flexibility index (Phi) is 7.61. The van der Waals surface area contributed by atoms with Crippen molar-refractivity contribution < 1.29 is 29.3 Å². The van der Waals surface area contributed by atoms with Gasteiger partial charge in [-0.15, -0.1) is 0 Å². The Hall–Kier alpha value is -3.04. The zero-order chi connectivity index (χ0) is 26.1. The topological polar surface area (TPSA) is 99.5 Å². The SMILES string of the molecule is CCN(CC)CCN1C(=O)C(=O)C(=C(O)c2ccc3c(c2)C[C@@H](C)O3)[C@@H]1c1cc(Br)c(O)c(OC)c1. The van der Waals surface area contributed by atoms with Crippen molar-refractivity contribution in [2.75, 3.05) is 33.3 Å². The van der Waals surface area contributed by atoms with Gasteiger partial charge >= 0.3 is 0 Å². The number of methoxy groups -OCH3 is 1. The minimum absolute atomic E-state index is 0.00565. The number of aliphatic hydroxyl groups is 1. The lowest BCUT2D eigenvalue weighted by Crippen LogP contribution is -2.38. The molecule has 0 aromatic heterocycles. The summed E-state index contributed by atoms with van der Waals surface area (Å²) in [5.41, 5.74) is 1.93. The molecule has 2 aromatic rings. The number of phenolic OH excluding ortho intramolecular Hbond substituents is 1. The van der Waals surface area contributed by atoms with Gasteiger partial charge in [-0.05, 0) is 77.4 Å². The van der Waals surface area contributed by atoms with Crippen LogP contribution in [0, 0.1) is 0 Å². The summed E-state index contributed by atoms with van der Waals surface area (Å²) in [7, 11) is 1.43. The fourth-order valence-corrected chi connectivity index (χ4v) is 5.34. The summed E-state index contributed by atoms with van der Waals surface area (Å²) in [6.07, 6.45) is 0.727. The van der Waals surface area contributed by atoms with Crippen molar-refractivity contribution in [3.63, 3.8) is 0 Å². The van der Waals surface area contributed by atoms with Crippen molar-refractivity contribution in [3.05, 3.63) is 57.1 Å². The van der Waals surface area contributed by atoms with Crippen LogP contribution in [0.3, 0.4) is 0 Å². The first-order valence-corrected chi connectivity index (χ1v) is 12.9. The number of nitrogens with zero attached hydrogens (tertiary/aromatic N) is 2. The second kappa shape index (κ2) is 10.5. The number of Topliss-reactive ketones (excluding diaryl/α,β-unsaturated/α-hetero) is 1. The van der Waals surface area contributed by atoms with Gasteiger partial charge in [0.05, 0.1) is 23.2 Å². The van der Waals surface area contributed by atoms with Crippen LogP contribution in [-0.4, -0.2) is 71.1 Å². The molecule has 1 saturated heterocycles. The van der Waals surface area contributed by atoms with Gasteiger partial charge in [0.2, 0.25) is 0 Å². The predicted molar refractivity (Wildman–Crippen MR) is 139 cm³/mol. The number of phenols is 1. The normalized spacial score (nSPS) is 20.7. The fraction of sp³-hybridized carbons (Fsp3) is 0.407. The average Bonchev–Trinajstić information content (AvgIpc) is 3.36. The maximum absolute atomic E-state index is 13.4. The Bertz CT molecular complexity index is 1220. The molecule has 4 rings (SSSR count). The molecule has 0 spiro atoms. The summed E-state index contributed by atoms with van der Waals surface area (Å²) in [5.74, 6) is -0.802. The Morgan fingerprint density at radius 2 is 1.94 bits per heavy atom. The minimum atomic E-state index is -0.852. The number of aliphatic hydroxyl groups excluding tert-OH is 1. The van der Waals surface area contributed by atoms with E-state index in [4.69, 9.17) is 9.47 Å². The number of ketones is 1. The lowest BCUT2D eigenvalue weighted by molar-refractivity contribution is -0.140. The molecule has 0 radical (unpaired) electrons. The van der Waals surface area contributed by atoms with Crippen LogP contribution in [0.2, 0.25) is 0 Å². The molecule has 1 fully saturated rings. The summed E-state index contributed by atoms with van der Waals surface area (Å²) >= 11 is 3.34. The number of aromatic hydroxyl groups is 1. The number of likely N-dealkylation sites (tertiary alicyclic amines) is 1. The van der Waals surface area contributed by atoms with Crippen LogP contribution in [0.5, 0.6) is 17.2 Å². The van der Waals surface area contributed by atoms with E-state index in [1.54, 1.807) is 24.3 Å². The molecule has 2 aliphatic heterocycles. The van der Waals surface area contributed by atoms with Crippen LogP contribution in [0.4, 0.5) is 0 Å². The van der Waals surface area contributed by atoms with Crippen molar-refractivity contribution in [3.8, 4) is 17.2 Å². The van der Waals surface area contributed by atoms with Gasteiger partial charge < -0.3 is 29.5 Å². The summed E-state index contributed by atoms with van der Waals surface area (Å²) in [5, 5.41) is 21.8. The Labute approximate surface area is 219 Å². The highest BCUT2D eigenvalue weighted by Gasteiger charge is 2.46. The van der Waals surface area contributed by atoms with Crippen molar-refractivity contribution in [1.29, 1.82) is 0 Å². The van der Waals surface area contributed by atoms with E-state index in [-0.39, 0.29) is 28.9 Å². The number of halogens is 1. The molecular weight excluding hydrogens is 528 g/mol. The molecule has 0 unspecified atom stereocenters. The number of amides is 1. The van der Waals surface area contributed by atoms with Crippen LogP contribution < -0.4 is 9.47 Å². The molecule has 2 aromatic carbocycles. The van der Waals surface area contributed by atoms with E-state index in [9.17, 15) is 19.8 Å². The van der Waals surface area contributed by atoms with Crippen LogP contribution in [0.25, 0.3) is 5.76 Å². The third-order valence-corrected chi connectivity index (χ3v) is 7.45. The molecule has 0 bridgehead atoms. The highest BCUT2D eigenvalue weighted by atomic mass is 79.9. The minimum Gasteiger partial charge on any atom is -0.507 e. The molecule has 2 heterocycles. The lowest BCUT2D eigenvalue weighted by atomic mass is 9.94. The number of carbonyl (C=O) groups is 2. The lowest BCUT2D eigenvalue weighted by Gasteiger charge is -2.28. The molecule has 36 heavy (non-hydrogen) atoms. The molecule has 1 amide bonds. The first kappa shape index (κ1) is 26.0. The summed E-state index contributed by atoms with van der Waals surface area (Å²) < 4.78 is 11.4. The molecule has 0 saturated carbocycles. The van der Waals surface area contributed by atoms with E-state index in [0.29, 0.717) is 35.1 Å². The maximum atomic E-state index is 13.4. The summed E-state index contributed by atoms with van der Waals surface area (Å²) in [4.78, 5) is 30.3. The highest BCUT2D eigenvalue weighted by Crippen LogP contribution is 2.44. The maximum Gasteiger partial charge on any atom is 0.295 e. The monoisotopic (exact) mass is 558 g/mol. The number of hydrogen-bond acceptors (Lipinski definition) is 7. The Balaban J connectivity index is 1.85. The zero-order valence-electron chi connectivity index (χ0n) is 20.9. The number of ether oxygens (including phenoxy) is 2. The molecule has 2 N–H and O–H groups in total. The Morgan fingerprint density at radius 1 is 1.22 bits per heavy atom. The number of benzene rings is 2. The second-order valence-electron chi connectivity index (χ2n) is 9.03. The van der Waals surface area contributed by atoms with Crippen LogP contribution in [0.1, 0.15) is 43.5 Å². The van der Waals surface area contributed by atoms with Gasteiger partial charge in [0.1, 0.15) is 17.6 Å². The van der Waals surface area contributed by atoms with Gasteiger partial charge in [0.25, 0.3) is 11.7 Å². The van der Waals surface area contributed by atoms with E-state index in [1.165, 1.54) is 12.0 Å². The first-order valence-electron chi connectivity index (χ1n) is 12.1. The predicted octanol–water partition coefficient (Wildman–Crippen LogP) is 4.25. The first-order chi connectivity index (χ1) is 17.2. The van der Waals surface area contributed by atoms with E-state index >= 15 is 0 Å². The molecule has 192 valence electrons. The van der Waals surface area contributed by atoms with Gasteiger partial charge in [-0.2, -0.15) is 0 Å². The van der Waals surface area contributed by atoms with Crippen molar-refractivity contribution >= 4 is 33.4 Å². The van der Waals surface area contributed by atoms with Crippen LogP contribution in [-0.2, 0) is 16.0 Å². The summed E-state index contributed by atoms with van der Waals surface area (Å²) in [6, 6.07) is 7.66. The quantitative estimate of drug-likeness (QED) is 0.284. The molecule has 0 aliphatic carbocycles. The van der Waals surface area contributed by atoms with Crippen LogP contribution >= 0.6 is 15.9 Å².